The van der Waals surface area contributed by atoms with Crippen LogP contribution in [0.1, 0.15) is 56.6 Å². The van der Waals surface area contributed by atoms with Crippen molar-refractivity contribution in [3.63, 3.8) is 0 Å². The third kappa shape index (κ3) is 2.07. The number of fused-ring (bicyclic) bond motifs is 1. The van der Waals surface area contributed by atoms with Gasteiger partial charge in [0.2, 0.25) is 0 Å². The van der Waals surface area contributed by atoms with E-state index in [1.165, 1.54) is 0 Å². The summed E-state index contributed by atoms with van der Waals surface area (Å²) in [6.45, 7) is 8.22. The Morgan fingerprint density at radius 2 is 2.11 bits per heavy atom. The molecule has 1 N–H and O–H groups in total. The van der Waals surface area contributed by atoms with E-state index >= 15 is 0 Å². The zero-order chi connectivity index (χ0) is 14.4. The lowest BCUT2D eigenvalue weighted by molar-refractivity contribution is 0.0965. The molecule has 1 amide bonds. The summed E-state index contributed by atoms with van der Waals surface area (Å²) in [7, 11) is 1.95. The number of carbonyl (C=O) groups excluding carboxylic acids is 1. The highest BCUT2D eigenvalue weighted by atomic mass is 16.1. The van der Waals surface area contributed by atoms with Crippen LogP contribution in [0.5, 0.6) is 0 Å². The number of anilines is 1. The van der Waals surface area contributed by atoms with Crippen LogP contribution in [0, 0.1) is 0 Å². The van der Waals surface area contributed by atoms with Crippen LogP contribution in [0.15, 0.2) is 6.07 Å². The van der Waals surface area contributed by atoms with Crippen molar-refractivity contribution in [3.8, 4) is 0 Å². The molecule has 1 aromatic rings. The van der Waals surface area contributed by atoms with Crippen LogP contribution >= 0.6 is 0 Å². The molecule has 4 nitrogen and oxygen atoms in total. The average Bonchev–Trinajstić information content (AvgIpc) is 2.68. The van der Waals surface area contributed by atoms with Gasteiger partial charge in [0.05, 0.1) is 5.69 Å². The number of pyridine rings is 1. The maximum absolute atomic E-state index is 11.9. The van der Waals surface area contributed by atoms with Gasteiger partial charge >= 0.3 is 0 Å². The van der Waals surface area contributed by atoms with Gasteiger partial charge in [0, 0.05) is 32.1 Å². The third-order valence-electron chi connectivity index (χ3n) is 3.39. The Kier molecular flexibility index (Phi) is 2.94. The van der Waals surface area contributed by atoms with Gasteiger partial charge in [0.15, 0.2) is 0 Å². The summed E-state index contributed by atoms with van der Waals surface area (Å²) in [5.41, 5.74) is 2.21. The Hall–Kier alpha value is -1.58. The fourth-order valence-corrected chi connectivity index (χ4v) is 2.06. The van der Waals surface area contributed by atoms with E-state index in [2.05, 4.69) is 24.1 Å². The van der Waals surface area contributed by atoms with Gasteiger partial charge in [-0.2, -0.15) is 0 Å². The van der Waals surface area contributed by atoms with E-state index in [9.17, 15) is 4.79 Å². The SMILES string of the molecule is [2H]C(C)(C)c1nc(N(C)C(C)C)cc2c1CNC2=O. The van der Waals surface area contributed by atoms with E-state index in [4.69, 9.17) is 1.37 Å². The minimum Gasteiger partial charge on any atom is -0.357 e. The summed E-state index contributed by atoms with van der Waals surface area (Å²) < 4.78 is 8.23. The molecule has 0 aromatic carbocycles. The number of nitrogens with zero attached hydrogens (tertiary/aromatic N) is 2. The molecule has 0 spiro atoms. The molecule has 1 aromatic heterocycles. The smallest absolute Gasteiger partial charge is 0.252 e. The number of hydrogen-bond donors (Lipinski definition) is 1. The summed E-state index contributed by atoms with van der Waals surface area (Å²) in [6, 6.07) is 2.11. The standard InChI is InChI=1S/C14H21N3O/c1-8(2)13-11-7-15-14(18)10(11)6-12(16-13)17(5)9(3)4/h6,8-9H,7H2,1-5H3,(H,15,18)/i8D. The highest BCUT2D eigenvalue weighted by Gasteiger charge is 2.26. The predicted molar refractivity (Wildman–Crippen MR) is 73.0 cm³/mol. The van der Waals surface area contributed by atoms with E-state index in [-0.39, 0.29) is 11.9 Å². The summed E-state index contributed by atoms with van der Waals surface area (Å²) >= 11 is 0. The molecule has 0 saturated carbocycles. The number of amides is 1. The highest BCUT2D eigenvalue weighted by molar-refractivity contribution is 5.99. The van der Waals surface area contributed by atoms with Crippen molar-refractivity contribution in [2.24, 2.45) is 0 Å². The molecule has 0 saturated heterocycles. The quantitative estimate of drug-likeness (QED) is 0.892. The summed E-state index contributed by atoms with van der Waals surface area (Å²) in [4.78, 5) is 18.5. The van der Waals surface area contributed by atoms with E-state index < -0.39 is 5.89 Å². The summed E-state index contributed by atoms with van der Waals surface area (Å²) in [5.74, 6) is -0.132. The van der Waals surface area contributed by atoms with Crippen molar-refractivity contribution in [1.29, 1.82) is 0 Å². The predicted octanol–water partition coefficient (Wildman–Crippen LogP) is 2.29. The number of rotatable bonds is 3. The van der Waals surface area contributed by atoms with Crippen LogP contribution in [0.2, 0.25) is 0 Å². The van der Waals surface area contributed by atoms with Gasteiger partial charge in [0.1, 0.15) is 5.82 Å². The van der Waals surface area contributed by atoms with Crippen molar-refractivity contribution in [3.05, 3.63) is 22.9 Å². The van der Waals surface area contributed by atoms with Gasteiger partial charge in [-0.25, -0.2) is 4.98 Å². The first-order chi connectivity index (χ1) is 8.71. The van der Waals surface area contributed by atoms with Crippen LogP contribution in [0.3, 0.4) is 0 Å². The molecule has 0 unspecified atom stereocenters. The third-order valence-corrected chi connectivity index (χ3v) is 3.39. The number of nitrogens with one attached hydrogen (secondary N) is 1. The minimum absolute atomic E-state index is 0.0682. The molecule has 0 fully saturated rings. The Morgan fingerprint density at radius 3 is 2.67 bits per heavy atom. The van der Waals surface area contributed by atoms with Gasteiger partial charge < -0.3 is 10.2 Å². The van der Waals surface area contributed by atoms with Crippen LogP contribution in [-0.4, -0.2) is 24.0 Å². The Labute approximate surface area is 110 Å². The fourth-order valence-electron chi connectivity index (χ4n) is 2.06. The Balaban J connectivity index is 2.61. The molecule has 0 aliphatic carbocycles. The van der Waals surface area contributed by atoms with Crippen LogP contribution in [0.4, 0.5) is 5.82 Å². The van der Waals surface area contributed by atoms with Crippen molar-refractivity contribution >= 4 is 11.7 Å². The number of carbonyl (C=O) groups is 1. The van der Waals surface area contributed by atoms with Crippen LogP contribution in [-0.2, 0) is 6.54 Å². The lowest BCUT2D eigenvalue weighted by Gasteiger charge is -2.24. The second kappa shape index (κ2) is 4.59. The maximum Gasteiger partial charge on any atom is 0.252 e. The second-order valence-electron chi connectivity index (χ2n) is 5.24. The van der Waals surface area contributed by atoms with Gasteiger partial charge in [-0.05, 0) is 25.8 Å². The first-order valence-electron chi connectivity index (χ1n) is 6.77. The maximum atomic E-state index is 11.9. The molecule has 1 aliphatic heterocycles. The van der Waals surface area contributed by atoms with Crippen molar-refractivity contribution in [1.82, 2.24) is 10.3 Å². The molecule has 0 atom stereocenters. The van der Waals surface area contributed by atoms with Crippen molar-refractivity contribution in [2.75, 3.05) is 11.9 Å². The fraction of sp³-hybridized carbons (Fsp3) is 0.571. The van der Waals surface area contributed by atoms with E-state index in [0.29, 0.717) is 17.8 Å². The molecule has 0 bridgehead atoms. The first-order valence-corrected chi connectivity index (χ1v) is 6.27. The van der Waals surface area contributed by atoms with Gasteiger partial charge in [0.25, 0.3) is 5.91 Å². The van der Waals surface area contributed by atoms with Crippen LogP contribution < -0.4 is 10.2 Å². The molecular weight excluding hydrogens is 226 g/mol. The molecule has 0 radical (unpaired) electrons. The van der Waals surface area contributed by atoms with E-state index in [1.807, 2.05) is 18.0 Å². The largest absolute Gasteiger partial charge is 0.357 e. The molecule has 4 heteroatoms. The molecule has 2 rings (SSSR count). The minimum atomic E-state index is -0.815. The van der Waals surface area contributed by atoms with Gasteiger partial charge in [-0.1, -0.05) is 13.8 Å². The van der Waals surface area contributed by atoms with E-state index in [0.717, 1.165) is 11.4 Å². The lowest BCUT2D eigenvalue weighted by atomic mass is 10.0. The van der Waals surface area contributed by atoms with E-state index in [1.54, 1.807) is 13.8 Å². The second-order valence-corrected chi connectivity index (χ2v) is 5.24. The topological polar surface area (TPSA) is 45.2 Å². The monoisotopic (exact) mass is 248 g/mol. The van der Waals surface area contributed by atoms with Gasteiger partial charge in [-0.3, -0.25) is 4.79 Å². The Bertz CT molecular complexity index is 520. The number of hydrogen-bond acceptors (Lipinski definition) is 3. The molecular formula is C14H21N3O. The summed E-state index contributed by atoms with van der Waals surface area (Å²) in [5, 5.41) is 2.81. The normalized spacial score (nSPS) is 15.4. The average molecular weight is 248 g/mol. The van der Waals surface area contributed by atoms with Crippen molar-refractivity contribution in [2.45, 2.75) is 46.2 Å². The molecule has 1 aliphatic rings. The zero-order valence-corrected chi connectivity index (χ0v) is 11.7. The number of aromatic nitrogens is 1. The summed E-state index contributed by atoms with van der Waals surface area (Å²) in [6.07, 6.45) is 0. The molecule has 18 heavy (non-hydrogen) atoms. The molecule has 98 valence electrons. The lowest BCUT2D eigenvalue weighted by Crippen LogP contribution is -2.27. The Morgan fingerprint density at radius 1 is 1.44 bits per heavy atom. The van der Waals surface area contributed by atoms with Gasteiger partial charge in [-0.15, -0.1) is 0 Å². The first kappa shape index (κ1) is 11.5. The zero-order valence-electron chi connectivity index (χ0n) is 12.7. The van der Waals surface area contributed by atoms with Crippen LogP contribution in [0.25, 0.3) is 0 Å². The highest BCUT2D eigenvalue weighted by Crippen LogP contribution is 2.28. The molecule has 2 heterocycles. The van der Waals surface area contributed by atoms with Crippen molar-refractivity contribution < 1.29 is 6.17 Å².